The Kier molecular flexibility index (Phi) is 4.97. The third-order valence-corrected chi connectivity index (χ3v) is 4.63. The number of para-hydroxylation sites is 1. The second kappa shape index (κ2) is 7.87. The van der Waals surface area contributed by atoms with Crippen LogP contribution in [-0.2, 0) is 17.8 Å². The lowest BCUT2D eigenvalue weighted by molar-refractivity contribution is -0.118. The van der Waals surface area contributed by atoms with Crippen LogP contribution in [-0.4, -0.2) is 15.3 Å². The van der Waals surface area contributed by atoms with Crippen LogP contribution in [0, 0.1) is 0 Å². The van der Waals surface area contributed by atoms with Crippen LogP contribution >= 0.6 is 0 Å². The third-order valence-electron chi connectivity index (χ3n) is 4.63. The van der Waals surface area contributed by atoms with Crippen molar-refractivity contribution < 1.29 is 4.79 Å². The van der Waals surface area contributed by atoms with E-state index in [4.69, 9.17) is 0 Å². The first-order valence-corrected chi connectivity index (χ1v) is 9.11. The van der Waals surface area contributed by atoms with Crippen molar-refractivity contribution in [2.75, 3.05) is 4.90 Å². The zero-order valence-corrected chi connectivity index (χ0v) is 15.0. The molecule has 27 heavy (non-hydrogen) atoms. The summed E-state index contributed by atoms with van der Waals surface area (Å²) in [5, 5.41) is 0. The number of fused-ring (bicyclic) bond motifs is 1. The van der Waals surface area contributed by atoms with Crippen molar-refractivity contribution in [3.8, 4) is 0 Å². The second-order valence-corrected chi connectivity index (χ2v) is 6.47. The van der Waals surface area contributed by atoms with Crippen LogP contribution < -0.4 is 4.90 Å². The van der Waals surface area contributed by atoms with Gasteiger partial charge in [-0.1, -0.05) is 54.6 Å². The van der Waals surface area contributed by atoms with Crippen molar-refractivity contribution in [1.82, 2.24) is 9.38 Å². The monoisotopic (exact) mass is 355 g/mol. The van der Waals surface area contributed by atoms with Crippen molar-refractivity contribution in [2.45, 2.75) is 19.4 Å². The fraction of sp³-hybridized carbons (Fsp3) is 0.130. The quantitative estimate of drug-likeness (QED) is 0.511. The molecule has 0 bridgehead atoms. The smallest absolute Gasteiger partial charge is 0.227 e. The minimum absolute atomic E-state index is 0.0951. The first-order chi connectivity index (χ1) is 13.3. The summed E-state index contributed by atoms with van der Waals surface area (Å²) in [5.74, 6) is 1.00. The molecule has 2 aromatic carbocycles. The number of benzene rings is 2. The summed E-state index contributed by atoms with van der Waals surface area (Å²) in [6.45, 7) is 0.562. The molecule has 4 nitrogen and oxygen atoms in total. The highest BCUT2D eigenvalue weighted by Crippen LogP contribution is 2.19. The summed E-state index contributed by atoms with van der Waals surface area (Å²) in [6, 6.07) is 25.9. The van der Waals surface area contributed by atoms with Gasteiger partial charge in [0.1, 0.15) is 5.82 Å². The normalized spacial score (nSPS) is 10.8. The summed E-state index contributed by atoms with van der Waals surface area (Å²) in [4.78, 5) is 19.4. The van der Waals surface area contributed by atoms with Gasteiger partial charge in [0.2, 0.25) is 5.91 Å². The highest BCUT2D eigenvalue weighted by molar-refractivity contribution is 5.93. The SMILES string of the molecule is O=C(CCc1ncc2ccccn12)N(Cc1ccccc1)c1ccccc1. The molecule has 0 saturated carbocycles. The number of amides is 1. The van der Waals surface area contributed by atoms with E-state index in [2.05, 4.69) is 4.98 Å². The molecule has 0 saturated heterocycles. The number of anilines is 1. The van der Waals surface area contributed by atoms with Crippen LogP contribution in [0.15, 0.2) is 91.3 Å². The molecule has 0 aliphatic carbocycles. The third kappa shape index (κ3) is 3.90. The molecule has 2 aromatic heterocycles. The van der Waals surface area contributed by atoms with E-state index < -0.39 is 0 Å². The molecule has 0 fully saturated rings. The maximum Gasteiger partial charge on any atom is 0.227 e. The second-order valence-electron chi connectivity index (χ2n) is 6.47. The van der Waals surface area contributed by atoms with Crippen LogP contribution in [0.5, 0.6) is 0 Å². The van der Waals surface area contributed by atoms with Gasteiger partial charge in [0.15, 0.2) is 0 Å². The van der Waals surface area contributed by atoms with E-state index in [1.54, 1.807) is 0 Å². The minimum atomic E-state index is 0.0951. The molecule has 0 N–H and O–H groups in total. The number of aryl methyl sites for hydroxylation is 1. The molecule has 0 atom stereocenters. The molecule has 4 rings (SSSR count). The Labute approximate surface area is 158 Å². The van der Waals surface area contributed by atoms with Crippen LogP contribution in [0.1, 0.15) is 17.8 Å². The van der Waals surface area contributed by atoms with Crippen LogP contribution in [0.3, 0.4) is 0 Å². The average molecular weight is 355 g/mol. The Bertz CT molecular complexity index is 1030. The first-order valence-electron chi connectivity index (χ1n) is 9.11. The van der Waals surface area contributed by atoms with E-state index in [0.717, 1.165) is 22.6 Å². The van der Waals surface area contributed by atoms with Gasteiger partial charge in [0, 0.05) is 24.7 Å². The molecule has 1 amide bonds. The first kappa shape index (κ1) is 17.0. The summed E-state index contributed by atoms with van der Waals surface area (Å²) in [7, 11) is 0. The van der Waals surface area contributed by atoms with Gasteiger partial charge in [0.05, 0.1) is 18.3 Å². The lowest BCUT2D eigenvalue weighted by Crippen LogP contribution is -2.30. The topological polar surface area (TPSA) is 37.6 Å². The number of carbonyl (C=O) groups is 1. The van der Waals surface area contributed by atoms with Gasteiger partial charge >= 0.3 is 0 Å². The predicted molar refractivity (Wildman–Crippen MR) is 108 cm³/mol. The number of pyridine rings is 1. The number of aromatic nitrogens is 2. The van der Waals surface area contributed by atoms with Crippen molar-refractivity contribution in [3.63, 3.8) is 0 Å². The van der Waals surface area contributed by atoms with Gasteiger partial charge in [-0.05, 0) is 29.8 Å². The zero-order valence-electron chi connectivity index (χ0n) is 15.0. The number of imidazole rings is 1. The Morgan fingerprint density at radius 1 is 0.889 bits per heavy atom. The van der Waals surface area contributed by atoms with E-state index in [0.29, 0.717) is 19.4 Å². The highest BCUT2D eigenvalue weighted by Gasteiger charge is 2.17. The maximum absolute atomic E-state index is 13.1. The standard InChI is InChI=1S/C23H21N3O/c27-23(15-14-22-24-17-21-13-7-8-16-25(21)22)26(20-11-5-2-6-12-20)18-19-9-3-1-4-10-19/h1-13,16-17H,14-15,18H2. The Morgan fingerprint density at radius 2 is 1.59 bits per heavy atom. The van der Waals surface area contributed by atoms with E-state index in [-0.39, 0.29) is 5.91 Å². The summed E-state index contributed by atoms with van der Waals surface area (Å²) in [6.07, 6.45) is 4.85. The number of hydrogen-bond donors (Lipinski definition) is 0. The van der Waals surface area contributed by atoms with E-state index in [1.165, 1.54) is 0 Å². The number of hydrogen-bond acceptors (Lipinski definition) is 2. The van der Waals surface area contributed by atoms with Crippen molar-refractivity contribution in [3.05, 3.63) is 103 Å². The Hall–Kier alpha value is -3.40. The molecule has 0 unspecified atom stereocenters. The van der Waals surface area contributed by atoms with Gasteiger partial charge in [-0.3, -0.25) is 4.79 Å². The Morgan fingerprint density at radius 3 is 2.37 bits per heavy atom. The number of rotatable bonds is 6. The van der Waals surface area contributed by atoms with Crippen LogP contribution in [0.25, 0.3) is 5.52 Å². The van der Waals surface area contributed by atoms with Gasteiger partial charge in [-0.15, -0.1) is 0 Å². The Balaban J connectivity index is 1.53. The fourth-order valence-electron chi connectivity index (χ4n) is 3.24. The van der Waals surface area contributed by atoms with Gasteiger partial charge in [0.25, 0.3) is 0 Å². The average Bonchev–Trinajstić information content (AvgIpc) is 3.15. The number of carbonyl (C=O) groups excluding carboxylic acids is 1. The van der Waals surface area contributed by atoms with Crippen LogP contribution in [0.4, 0.5) is 5.69 Å². The largest absolute Gasteiger partial charge is 0.308 e. The molecule has 4 heteroatoms. The summed E-state index contributed by atoms with van der Waals surface area (Å²) < 4.78 is 2.04. The molecule has 0 aliphatic rings. The van der Waals surface area contributed by atoms with Crippen molar-refractivity contribution in [2.24, 2.45) is 0 Å². The molecule has 4 aromatic rings. The molecule has 2 heterocycles. The molecule has 134 valence electrons. The van der Waals surface area contributed by atoms with Crippen LogP contribution in [0.2, 0.25) is 0 Å². The fourth-order valence-corrected chi connectivity index (χ4v) is 3.24. The lowest BCUT2D eigenvalue weighted by atomic mass is 10.1. The molecule has 0 radical (unpaired) electrons. The highest BCUT2D eigenvalue weighted by atomic mass is 16.2. The maximum atomic E-state index is 13.1. The van der Waals surface area contributed by atoms with E-state index in [9.17, 15) is 4.79 Å². The summed E-state index contributed by atoms with van der Waals surface area (Å²) in [5.41, 5.74) is 3.07. The van der Waals surface area contributed by atoms with Gasteiger partial charge < -0.3 is 9.30 Å². The molecule has 0 spiro atoms. The zero-order chi connectivity index (χ0) is 18.5. The lowest BCUT2D eigenvalue weighted by Gasteiger charge is -2.23. The minimum Gasteiger partial charge on any atom is -0.308 e. The van der Waals surface area contributed by atoms with E-state index >= 15 is 0 Å². The predicted octanol–water partition coefficient (Wildman–Crippen LogP) is 4.50. The summed E-state index contributed by atoms with van der Waals surface area (Å²) >= 11 is 0. The van der Waals surface area contributed by atoms with Crippen molar-refractivity contribution >= 4 is 17.1 Å². The number of nitrogens with zero attached hydrogens (tertiary/aromatic N) is 3. The molecular weight excluding hydrogens is 334 g/mol. The van der Waals surface area contributed by atoms with Crippen molar-refractivity contribution in [1.29, 1.82) is 0 Å². The molecular formula is C23H21N3O. The van der Waals surface area contributed by atoms with Gasteiger partial charge in [-0.2, -0.15) is 0 Å². The van der Waals surface area contributed by atoms with E-state index in [1.807, 2.05) is 101 Å². The molecule has 0 aliphatic heterocycles. The van der Waals surface area contributed by atoms with Gasteiger partial charge in [-0.25, -0.2) is 4.98 Å².